The number of ether oxygens (including phenoxy) is 1. The maximum absolute atomic E-state index is 11.1. The summed E-state index contributed by atoms with van der Waals surface area (Å²) in [5.74, 6) is -0.0495. The number of benzene rings is 1. The topological polar surface area (TPSA) is 58.6 Å². The van der Waals surface area contributed by atoms with Crippen molar-refractivity contribution >= 4 is 11.7 Å². The van der Waals surface area contributed by atoms with E-state index in [0.29, 0.717) is 18.3 Å². The van der Waals surface area contributed by atoms with Gasteiger partial charge in [0.15, 0.2) is 0 Å². The molecule has 0 atom stereocenters. The highest BCUT2D eigenvalue weighted by Gasteiger charge is 2.11. The Morgan fingerprint density at radius 1 is 1.47 bits per heavy atom. The first-order valence-electron chi connectivity index (χ1n) is 5.78. The van der Waals surface area contributed by atoms with Crippen molar-refractivity contribution < 1.29 is 14.6 Å². The summed E-state index contributed by atoms with van der Waals surface area (Å²) in [4.78, 5) is 11.1. The van der Waals surface area contributed by atoms with E-state index < -0.39 is 5.97 Å². The van der Waals surface area contributed by atoms with Crippen LogP contribution in [0.15, 0.2) is 18.2 Å². The van der Waals surface area contributed by atoms with Crippen LogP contribution in [0, 0.1) is 5.92 Å². The molecule has 0 aromatic heterocycles. The molecule has 0 unspecified atom stereocenters. The standard InChI is InChI=1S/C13H19NO3/c1-4-17-12-6-5-10(14-8-9(2)3)7-11(12)13(15)16/h5-7,9,14H,4,8H2,1-3H3,(H,15,16). The van der Waals surface area contributed by atoms with Crippen LogP contribution in [0.5, 0.6) is 5.75 Å². The minimum atomic E-state index is -0.971. The Bertz CT molecular complexity index is 388. The molecule has 0 aliphatic rings. The van der Waals surface area contributed by atoms with Crippen LogP contribution in [0.3, 0.4) is 0 Å². The summed E-state index contributed by atoms with van der Waals surface area (Å²) < 4.78 is 5.27. The molecule has 1 aromatic carbocycles. The molecule has 0 aliphatic heterocycles. The van der Waals surface area contributed by atoms with Crippen molar-refractivity contribution in [2.24, 2.45) is 5.92 Å². The zero-order valence-corrected chi connectivity index (χ0v) is 10.5. The molecule has 0 bridgehead atoms. The van der Waals surface area contributed by atoms with Crippen molar-refractivity contribution in [2.75, 3.05) is 18.5 Å². The Balaban J connectivity index is 2.89. The Kier molecular flexibility index (Phi) is 4.82. The molecule has 1 aromatic rings. The molecule has 4 nitrogen and oxygen atoms in total. The van der Waals surface area contributed by atoms with E-state index in [2.05, 4.69) is 19.2 Å². The lowest BCUT2D eigenvalue weighted by molar-refractivity contribution is 0.0692. The summed E-state index contributed by atoms with van der Waals surface area (Å²) in [6.45, 7) is 7.29. The van der Waals surface area contributed by atoms with Gasteiger partial charge in [-0.15, -0.1) is 0 Å². The zero-order chi connectivity index (χ0) is 12.8. The molecule has 0 aliphatic carbocycles. The molecule has 0 saturated carbocycles. The molecule has 0 radical (unpaired) electrons. The van der Waals surface area contributed by atoms with E-state index in [4.69, 9.17) is 9.84 Å². The van der Waals surface area contributed by atoms with Crippen LogP contribution >= 0.6 is 0 Å². The van der Waals surface area contributed by atoms with Gasteiger partial charge in [-0.1, -0.05) is 13.8 Å². The quantitative estimate of drug-likeness (QED) is 0.798. The number of carboxylic acid groups (broad SMARTS) is 1. The number of nitrogens with one attached hydrogen (secondary N) is 1. The Morgan fingerprint density at radius 2 is 2.18 bits per heavy atom. The highest BCUT2D eigenvalue weighted by atomic mass is 16.5. The van der Waals surface area contributed by atoms with Gasteiger partial charge in [0.1, 0.15) is 11.3 Å². The first-order chi connectivity index (χ1) is 8.04. The molecule has 4 heteroatoms. The largest absolute Gasteiger partial charge is 0.493 e. The van der Waals surface area contributed by atoms with E-state index in [1.54, 1.807) is 12.1 Å². The molecule has 0 heterocycles. The Morgan fingerprint density at radius 3 is 2.71 bits per heavy atom. The van der Waals surface area contributed by atoms with Crippen molar-refractivity contribution in [1.82, 2.24) is 0 Å². The van der Waals surface area contributed by atoms with Crippen LogP contribution in [0.2, 0.25) is 0 Å². The number of carboxylic acids is 1. The number of aromatic carboxylic acids is 1. The van der Waals surface area contributed by atoms with Gasteiger partial charge in [0.05, 0.1) is 6.61 Å². The first-order valence-corrected chi connectivity index (χ1v) is 5.78. The van der Waals surface area contributed by atoms with Crippen molar-refractivity contribution in [3.8, 4) is 5.75 Å². The molecular weight excluding hydrogens is 218 g/mol. The maximum atomic E-state index is 11.1. The highest BCUT2D eigenvalue weighted by molar-refractivity contribution is 5.92. The third-order valence-corrected chi connectivity index (χ3v) is 2.22. The lowest BCUT2D eigenvalue weighted by Gasteiger charge is -2.12. The van der Waals surface area contributed by atoms with Gasteiger partial charge in [0.25, 0.3) is 0 Å². The fourth-order valence-corrected chi connectivity index (χ4v) is 1.41. The molecule has 17 heavy (non-hydrogen) atoms. The van der Waals surface area contributed by atoms with Crippen LogP contribution in [-0.2, 0) is 0 Å². The third kappa shape index (κ3) is 3.98. The third-order valence-electron chi connectivity index (χ3n) is 2.22. The van der Waals surface area contributed by atoms with Gasteiger partial charge in [-0.3, -0.25) is 0 Å². The average Bonchev–Trinajstić information content (AvgIpc) is 2.27. The average molecular weight is 237 g/mol. The van der Waals surface area contributed by atoms with E-state index in [1.165, 1.54) is 0 Å². The van der Waals surface area contributed by atoms with Crippen LogP contribution in [0.1, 0.15) is 31.1 Å². The normalized spacial score (nSPS) is 10.4. The Hall–Kier alpha value is -1.71. The summed E-state index contributed by atoms with van der Waals surface area (Å²) in [5, 5.41) is 12.3. The number of anilines is 1. The first kappa shape index (κ1) is 13.4. The Labute approximate surface area is 102 Å². The molecule has 0 spiro atoms. The molecule has 2 N–H and O–H groups in total. The van der Waals surface area contributed by atoms with Crippen LogP contribution < -0.4 is 10.1 Å². The lowest BCUT2D eigenvalue weighted by Crippen LogP contribution is -2.09. The van der Waals surface area contributed by atoms with E-state index in [0.717, 1.165) is 12.2 Å². The summed E-state index contributed by atoms with van der Waals surface area (Å²) in [7, 11) is 0. The van der Waals surface area contributed by atoms with Gasteiger partial charge in [0, 0.05) is 12.2 Å². The van der Waals surface area contributed by atoms with E-state index >= 15 is 0 Å². The fraction of sp³-hybridized carbons (Fsp3) is 0.462. The second kappa shape index (κ2) is 6.13. The number of carbonyl (C=O) groups is 1. The molecule has 0 saturated heterocycles. The number of rotatable bonds is 6. The monoisotopic (exact) mass is 237 g/mol. The van der Waals surface area contributed by atoms with Crippen LogP contribution in [-0.4, -0.2) is 24.2 Å². The predicted octanol–water partition coefficient (Wildman–Crippen LogP) is 2.85. The van der Waals surface area contributed by atoms with Gasteiger partial charge in [-0.25, -0.2) is 4.79 Å². The SMILES string of the molecule is CCOc1ccc(NCC(C)C)cc1C(=O)O. The van der Waals surface area contributed by atoms with Gasteiger partial charge < -0.3 is 15.2 Å². The second-order valence-corrected chi connectivity index (χ2v) is 4.22. The lowest BCUT2D eigenvalue weighted by atomic mass is 10.1. The molecule has 94 valence electrons. The maximum Gasteiger partial charge on any atom is 0.339 e. The molecule has 0 fully saturated rings. The second-order valence-electron chi connectivity index (χ2n) is 4.22. The van der Waals surface area contributed by atoms with Gasteiger partial charge in [-0.2, -0.15) is 0 Å². The summed E-state index contributed by atoms with van der Waals surface area (Å²) in [6, 6.07) is 5.13. The van der Waals surface area contributed by atoms with E-state index in [9.17, 15) is 4.79 Å². The van der Waals surface area contributed by atoms with Crippen molar-refractivity contribution in [2.45, 2.75) is 20.8 Å². The van der Waals surface area contributed by atoms with E-state index in [-0.39, 0.29) is 5.56 Å². The summed E-state index contributed by atoms with van der Waals surface area (Å²) >= 11 is 0. The van der Waals surface area contributed by atoms with Gasteiger partial charge >= 0.3 is 5.97 Å². The highest BCUT2D eigenvalue weighted by Crippen LogP contribution is 2.23. The molecule has 0 amide bonds. The van der Waals surface area contributed by atoms with Crippen molar-refractivity contribution in [3.05, 3.63) is 23.8 Å². The number of hydrogen-bond donors (Lipinski definition) is 2. The van der Waals surface area contributed by atoms with Crippen LogP contribution in [0.4, 0.5) is 5.69 Å². The van der Waals surface area contributed by atoms with Crippen molar-refractivity contribution in [3.63, 3.8) is 0 Å². The van der Waals surface area contributed by atoms with E-state index in [1.807, 2.05) is 13.0 Å². The number of hydrogen-bond acceptors (Lipinski definition) is 3. The smallest absolute Gasteiger partial charge is 0.339 e. The fourth-order valence-electron chi connectivity index (χ4n) is 1.41. The molecule has 1 rings (SSSR count). The van der Waals surface area contributed by atoms with Crippen molar-refractivity contribution in [1.29, 1.82) is 0 Å². The minimum Gasteiger partial charge on any atom is -0.493 e. The minimum absolute atomic E-state index is 0.195. The van der Waals surface area contributed by atoms with Gasteiger partial charge in [-0.05, 0) is 31.0 Å². The zero-order valence-electron chi connectivity index (χ0n) is 10.5. The summed E-state index contributed by atoms with van der Waals surface area (Å²) in [6.07, 6.45) is 0. The van der Waals surface area contributed by atoms with Crippen LogP contribution in [0.25, 0.3) is 0 Å². The summed E-state index contributed by atoms with van der Waals surface area (Å²) in [5.41, 5.74) is 1.00. The predicted molar refractivity (Wildman–Crippen MR) is 67.9 cm³/mol. The van der Waals surface area contributed by atoms with Gasteiger partial charge in [0.2, 0.25) is 0 Å². The molecular formula is C13H19NO3.